The van der Waals surface area contributed by atoms with Crippen molar-refractivity contribution in [1.29, 1.82) is 0 Å². The molecule has 0 aliphatic heterocycles. The molecule has 0 saturated heterocycles. The summed E-state index contributed by atoms with van der Waals surface area (Å²) in [5, 5.41) is 1.43. The molecule has 0 unspecified atom stereocenters. The first-order valence-corrected chi connectivity index (χ1v) is 9.78. The number of fused-ring (bicyclic) bond motifs is 1. The van der Waals surface area contributed by atoms with E-state index in [2.05, 4.69) is 19.9 Å². The number of rotatable bonds is 7. The fraction of sp³-hybridized carbons (Fsp3) is 0.227. The van der Waals surface area contributed by atoms with Crippen LogP contribution in [0.5, 0.6) is 11.6 Å². The van der Waals surface area contributed by atoms with E-state index >= 15 is 0 Å². The molecule has 1 N–H and O–H groups in total. The molecule has 0 radical (unpaired) electrons. The molecule has 4 heterocycles. The van der Waals surface area contributed by atoms with Crippen molar-refractivity contribution in [2.75, 3.05) is 14.2 Å². The largest absolute Gasteiger partial charge is 0.495 e. The van der Waals surface area contributed by atoms with E-state index in [0.29, 0.717) is 41.6 Å². The van der Waals surface area contributed by atoms with Crippen LogP contribution in [-0.4, -0.2) is 34.2 Å². The molecule has 0 aliphatic carbocycles. The first-order valence-electron chi connectivity index (χ1n) is 9.40. The van der Waals surface area contributed by atoms with Gasteiger partial charge >= 0.3 is 0 Å². The summed E-state index contributed by atoms with van der Waals surface area (Å²) in [6.45, 7) is 0. The molecular formula is C22H20ClFN4O2. The van der Waals surface area contributed by atoms with Crippen LogP contribution in [0.3, 0.4) is 0 Å². The number of aromatic amines is 1. The van der Waals surface area contributed by atoms with E-state index < -0.39 is 5.82 Å². The number of H-pyrrole nitrogens is 1. The summed E-state index contributed by atoms with van der Waals surface area (Å²) in [4.78, 5) is 16.0. The quantitative estimate of drug-likeness (QED) is 0.439. The van der Waals surface area contributed by atoms with Gasteiger partial charge in [-0.05, 0) is 42.2 Å². The number of ether oxygens (including phenoxy) is 2. The third kappa shape index (κ3) is 4.21. The van der Waals surface area contributed by atoms with Gasteiger partial charge in [-0.1, -0.05) is 17.7 Å². The molecule has 0 aromatic carbocycles. The van der Waals surface area contributed by atoms with E-state index in [1.807, 2.05) is 24.4 Å². The summed E-state index contributed by atoms with van der Waals surface area (Å²) in [5.41, 5.74) is 4.28. The first-order chi connectivity index (χ1) is 14.6. The highest BCUT2D eigenvalue weighted by Gasteiger charge is 2.12. The zero-order chi connectivity index (χ0) is 21.1. The number of hydrogen-bond donors (Lipinski definition) is 1. The predicted molar refractivity (Wildman–Crippen MR) is 113 cm³/mol. The Balaban J connectivity index is 1.51. The number of halogens is 2. The van der Waals surface area contributed by atoms with E-state index in [0.717, 1.165) is 34.1 Å². The maximum atomic E-state index is 13.5. The van der Waals surface area contributed by atoms with Crippen LogP contribution in [0.25, 0.3) is 11.0 Å². The lowest BCUT2D eigenvalue weighted by Crippen LogP contribution is -2.01. The molecule has 0 amide bonds. The van der Waals surface area contributed by atoms with Crippen LogP contribution in [0.1, 0.15) is 22.4 Å². The van der Waals surface area contributed by atoms with Crippen molar-refractivity contribution < 1.29 is 13.9 Å². The predicted octanol–water partition coefficient (Wildman–Crippen LogP) is 4.54. The maximum Gasteiger partial charge on any atom is 0.216 e. The normalized spacial score (nSPS) is 11.1. The van der Waals surface area contributed by atoms with E-state index in [1.54, 1.807) is 13.3 Å². The summed E-state index contributed by atoms with van der Waals surface area (Å²) in [6.07, 6.45) is 6.49. The molecule has 30 heavy (non-hydrogen) atoms. The van der Waals surface area contributed by atoms with Gasteiger partial charge in [0.2, 0.25) is 5.88 Å². The molecule has 154 valence electrons. The third-order valence-corrected chi connectivity index (χ3v) is 5.25. The molecule has 4 rings (SSSR count). The monoisotopic (exact) mass is 426 g/mol. The maximum absolute atomic E-state index is 13.5. The van der Waals surface area contributed by atoms with Crippen LogP contribution in [0.2, 0.25) is 5.15 Å². The number of methoxy groups -OCH3 is 2. The van der Waals surface area contributed by atoms with Crippen LogP contribution < -0.4 is 9.47 Å². The third-order valence-electron chi connectivity index (χ3n) is 4.93. The summed E-state index contributed by atoms with van der Waals surface area (Å²) in [7, 11) is 3.13. The van der Waals surface area contributed by atoms with E-state index in [1.165, 1.54) is 13.2 Å². The van der Waals surface area contributed by atoms with E-state index in [4.69, 9.17) is 21.1 Å². The smallest absolute Gasteiger partial charge is 0.216 e. The topological polar surface area (TPSA) is 72.9 Å². The fourth-order valence-corrected chi connectivity index (χ4v) is 3.61. The lowest BCUT2D eigenvalue weighted by molar-refractivity contribution is 0.390. The van der Waals surface area contributed by atoms with Gasteiger partial charge in [0.1, 0.15) is 22.4 Å². The molecule has 4 aromatic heterocycles. The SMILES string of the molecule is COc1cnc2[nH]cc(Cc3ccc(CCc4cc(F)cnc4OC)nc3Cl)c2c1. The van der Waals surface area contributed by atoms with Crippen LogP contribution >= 0.6 is 11.6 Å². The highest BCUT2D eigenvalue weighted by atomic mass is 35.5. The molecule has 4 aromatic rings. The van der Waals surface area contributed by atoms with Crippen molar-refractivity contribution in [3.05, 3.63) is 76.2 Å². The van der Waals surface area contributed by atoms with Gasteiger partial charge < -0.3 is 14.5 Å². The van der Waals surface area contributed by atoms with Gasteiger partial charge in [0.15, 0.2) is 0 Å². The highest BCUT2D eigenvalue weighted by Crippen LogP contribution is 2.26. The molecule has 0 bridgehead atoms. The first kappa shape index (κ1) is 20.1. The van der Waals surface area contributed by atoms with E-state index in [-0.39, 0.29) is 0 Å². The van der Waals surface area contributed by atoms with Crippen molar-refractivity contribution in [1.82, 2.24) is 19.9 Å². The molecule has 0 aliphatic rings. The fourth-order valence-electron chi connectivity index (χ4n) is 3.37. The Labute approximate surface area is 178 Å². The van der Waals surface area contributed by atoms with Crippen molar-refractivity contribution >= 4 is 22.6 Å². The minimum Gasteiger partial charge on any atom is -0.495 e. The van der Waals surface area contributed by atoms with Crippen molar-refractivity contribution in [3.8, 4) is 11.6 Å². The van der Waals surface area contributed by atoms with Gasteiger partial charge in [-0.25, -0.2) is 19.3 Å². The summed E-state index contributed by atoms with van der Waals surface area (Å²) < 4.78 is 24.0. The lowest BCUT2D eigenvalue weighted by atomic mass is 10.0. The average Bonchev–Trinajstić information content (AvgIpc) is 3.16. The van der Waals surface area contributed by atoms with Crippen LogP contribution in [0.15, 0.2) is 42.9 Å². The molecule has 0 fully saturated rings. The Bertz CT molecular complexity index is 1200. The molecule has 0 saturated carbocycles. The summed E-state index contributed by atoms with van der Waals surface area (Å²) in [5.74, 6) is 0.727. The van der Waals surface area contributed by atoms with Crippen molar-refractivity contribution in [2.45, 2.75) is 19.3 Å². The van der Waals surface area contributed by atoms with Crippen molar-refractivity contribution in [2.24, 2.45) is 0 Å². The van der Waals surface area contributed by atoms with Crippen LogP contribution in [0.4, 0.5) is 4.39 Å². The average molecular weight is 427 g/mol. The molecule has 0 atom stereocenters. The molecule has 8 heteroatoms. The summed E-state index contributed by atoms with van der Waals surface area (Å²) >= 11 is 6.46. The standard InChI is InChI=1S/C22H20ClFN4O2/c1-29-18-9-19-15(10-25-21(19)26-12-18)7-13-3-5-17(28-20(13)23)6-4-14-8-16(24)11-27-22(14)30-2/h3,5,8-12H,4,6-7H2,1-2H3,(H,25,26). The second-order valence-electron chi connectivity index (χ2n) is 6.84. The highest BCUT2D eigenvalue weighted by molar-refractivity contribution is 6.30. The van der Waals surface area contributed by atoms with Gasteiger partial charge in [-0.2, -0.15) is 0 Å². The van der Waals surface area contributed by atoms with Crippen LogP contribution in [-0.2, 0) is 19.3 Å². The zero-order valence-electron chi connectivity index (χ0n) is 16.6. The van der Waals surface area contributed by atoms with E-state index in [9.17, 15) is 4.39 Å². The zero-order valence-corrected chi connectivity index (χ0v) is 17.3. The van der Waals surface area contributed by atoms with Crippen molar-refractivity contribution in [3.63, 3.8) is 0 Å². The minimum absolute atomic E-state index is 0.392. The Hall–Kier alpha value is -3.19. The minimum atomic E-state index is -0.392. The lowest BCUT2D eigenvalue weighted by Gasteiger charge is -2.09. The number of hydrogen-bond acceptors (Lipinski definition) is 5. The second kappa shape index (κ2) is 8.67. The van der Waals surface area contributed by atoms with Crippen LogP contribution in [0, 0.1) is 5.82 Å². The summed E-state index contributed by atoms with van der Waals surface area (Å²) in [6, 6.07) is 7.29. The number of nitrogens with one attached hydrogen (secondary N) is 1. The van der Waals surface area contributed by atoms with Gasteiger partial charge in [0, 0.05) is 29.3 Å². The molecule has 0 spiro atoms. The van der Waals surface area contributed by atoms with Gasteiger partial charge in [-0.15, -0.1) is 0 Å². The number of aryl methyl sites for hydroxylation is 2. The Morgan fingerprint density at radius 3 is 2.63 bits per heavy atom. The van der Waals surface area contributed by atoms with Gasteiger partial charge in [0.05, 0.1) is 26.6 Å². The molecule has 6 nitrogen and oxygen atoms in total. The molecular weight excluding hydrogens is 407 g/mol. The Morgan fingerprint density at radius 1 is 1.00 bits per heavy atom. The van der Waals surface area contributed by atoms with Gasteiger partial charge in [0.25, 0.3) is 0 Å². The van der Waals surface area contributed by atoms with Gasteiger partial charge in [-0.3, -0.25) is 0 Å². The Morgan fingerprint density at radius 2 is 1.87 bits per heavy atom. The number of aromatic nitrogens is 4. The number of nitrogens with zero attached hydrogens (tertiary/aromatic N) is 3. The Kier molecular flexibility index (Phi) is 5.81. The second-order valence-corrected chi connectivity index (χ2v) is 7.19. The number of pyridine rings is 3.